The summed E-state index contributed by atoms with van der Waals surface area (Å²) in [6, 6.07) is 3.60. The van der Waals surface area contributed by atoms with Crippen LogP contribution in [0.3, 0.4) is 0 Å². The van der Waals surface area contributed by atoms with Crippen LogP contribution in [0.1, 0.15) is 19.9 Å². The lowest BCUT2D eigenvalue weighted by atomic mass is 10.0. The van der Waals surface area contributed by atoms with Crippen molar-refractivity contribution in [2.45, 2.75) is 19.9 Å². The van der Waals surface area contributed by atoms with E-state index in [1.54, 1.807) is 17.5 Å². The molecule has 3 N–H and O–H groups in total. The van der Waals surface area contributed by atoms with Crippen molar-refractivity contribution < 1.29 is 4.79 Å². The van der Waals surface area contributed by atoms with E-state index in [9.17, 15) is 4.79 Å². The minimum absolute atomic E-state index is 0.126. The Hall–Kier alpha value is -1.66. The van der Waals surface area contributed by atoms with Crippen LogP contribution in [0, 0.1) is 5.92 Å². The monoisotopic (exact) mass is 264 g/mol. The number of amides is 1. The number of thiophene rings is 1. The molecule has 2 rings (SSSR count). The molecule has 0 aliphatic carbocycles. The van der Waals surface area contributed by atoms with Crippen molar-refractivity contribution in [1.82, 2.24) is 15.0 Å². The highest BCUT2D eigenvalue weighted by Crippen LogP contribution is 2.28. The molecule has 0 aliphatic rings. The third kappa shape index (κ3) is 2.30. The maximum absolute atomic E-state index is 11.9. The van der Waals surface area contributed by atoms with Crippen molar-refractivity contribution >= 4 is 17.2 Å². The highest BCUT2D eigenvalue weighted by molar-refractivity contribution is 7.13. The van der Waals surface area contributed by atoms with Gasteiger partial charge in [0.15, 0.2) is 5.82 Å². The van der Waals surface area contributed by atoms with Gasteiger partial charge in [0, 0.05) is 12.4 Å². The molecule has 0 fully saturated rings. The van der Waals surface area contributed by atoms with E-state index in [4.69, 9.17) is 5.84 Å². The molecule has 0 saturated heterocycles. The van der Waals surface area contributed by atoms with Crippen LogP contribution in [0.2, 0.25) is 0 Å². The zero-order valence-electron chi connectivity index (χ0n) is 10.3. The number of carbonyl (C=O) groups excluding carboxylic acids is 1. The molecule has 96 valence electrons. The second kappa shape index (κ2) is 5.32. The molecule has 2 heterocycles. The number of nitrogens with one attached hydrogen (secondary N) is 1. The molecule has 1 amide bonds. The molecule has 0 spiro atoms. The second-order valence-corrected chi connectivity index (χ2v) is 5.28. The van der Waals surface area contributed by atoms with E-state index in [0.29, 0.717) is 0 Å². The first-order valence-electron chi connectivity index (χ1n) is 5.72. The molecular formula is C12H16N4OS. The Bertz CT molecular complexity index is 518. The highest BCUT2D eigenvalue weighted by atomic mass is 32.1. The van der Waals surface area contributed by atoms with Crippen LogP contribution in [0.15, 0.2) is 29.9 Å². The molecule has 5 nitrogen and oxygen atoms in total. The van der Waals surface area contributed by atoms with Crippen LogP contribution in [0.5, 0.6) is 0 Å². The lowest BCUT2D eigenvalue weighted by Gasteiger charge is -2.22. The number of carbonyl (C=O) groups is 1. The molecule has 0 aromatic carbocycles. The fourth-order valence-electron chi connectivity index (χ4n) is 1.97. The summed E-state index contributed by atoms with van der Waals surface area (Å²) in [6.45, 7) is 3.97. The minimum Gasteiger partial charge on any atom is -0.318 e. The first-order valence-corrected chi connectivity index (χ1v) is 6.60. The summed E-state index contributed by atoms with van der Waals surface area (Å²) in [7, 11) is 0. The molecule has 0 saturated carbocycles. The predicted molar refractivity (Wildman–Crippen MR) is 71.7 cm³/mol. The molecule has 18 heavy (non-hydrogen) atoms. The van der Waals surface area contributed by atoms with Crippen LogP contribution in [0.4, 0.5) is 0 Å². The summed E-state index contributed by atoms with van der Waals surface area (Å²) in [5, 5.41) is 1.99. The largest absolute Gasteiger partial charge is 0.318 e. The smallest absolute Gasteiger partial charge is 0.257 e. The van der Waals surface area contributed by atoms with Gasteiger partial charge in [0.1, 0.15) is 6.04 Å². The second-order valence-electron chi connectivity index (χ2n) is 4.33. The van der Waals surface area contributed by atoms with Crippen molar-refractivity contribution in [2.24, 2.45) is 11.8 Å². The third-order valence-corrected chi connectivity index (χ3v) is 3.62. The number of nitrogens with zero attached hydrogens (tertiary/aromatic N) is 2. The first kappa shape index (κ1) is 12.8. The highest BCUT2D eigenvalue weighted by Gasteiger charge is 2.25. The molecule has 2 aromatic heterocycles. The molecule has 1 unspecified atom stereocenters. The van der Waals surface area contributed by atoms with E-state index >= 15 is 0 Å². The van der Waals surface area contributed by atoms with Gasteiger partial charge in [-0.3, -0.25) is 10.2 Å². The van der Waals surface area contributed by atoms with Crippen molar-refractivity contribution in [1.29, 1.82) is 0 Å². The number of rotatable bonds is 4. The van der Waals surface area contributed by atoms with Crippen LogP contribution in [-0.2, 0) is 4.79 Å². The molecular weight excluding hydrogens is 248 g/mol. The van der Waals surface area contributed by atoms with Gasteiger partial charge in [-0.15, -0.1) is 11.3 Å². The van der Waals surface area contributed by atoms with Crippen molar-refractivity contribution in [2.75, 3.05) is 0 Å². The molecule has 0 aliphatic heterocycles. The lowest BCUT2D eigenvalue weighted by Crippen LogP contribution is -2.39. The summed E-state index contributed by atoms with van der Waals surface area (Å²) in [5.41, 5.74) is 2.22. The van der Waals surface area contributed by atoms with Crippen LogP contribution in [0.25, 0.3) is 10.7 Å². The van der Waals surface area contributed by atoms with Gasteiger partial charge in [0.25, 0.3) is 5.91 Å². The summed E-state index contributed by atoms with van der Waals surface area (Å²) in [6.07, 6.45) is 3.52. The SMILES string of the molecule is CC(C)C(C(=O)NN)n1ccnc1-c1cccs1. The van der Waals surface area contributed by atoms with Gasteiger partial charge in [-0.2, -0.15) is 0 Å². The predicted octanol–water partition coefficient (Wildman–Crippen LogP) is 1.80. The van der Waals surface area contributed by atoms with Gasteiger partial charge in [-0.05, 0) is 17.4 Å². The normalized spacial score (nSPS) is 12.7. The summed E-state index contributed by atoms with van der Waals surface area (Å²) in [5.74, 6) is 5.97. The van der Waals surface area contributed by atoms with Crippen LogP contribution >= 0.6 is 11.3 Å². The third-order valence-electron chi connectivity index (χ3n) is 2.75. The Kier molecular flexibility index (Phi) is 3.78. The van der Waals surface area contributed by atoms with Crippen LogP contribution < -0.4 is 11.3 Å². The first-order chi connectivity index (χ1) is 8.65. The van der Waals surface area contributed by atoms with E-state index in [0.717, 1.165) is 10.7 Å². The van der Waals surface area contributed by atoms with E-state index in [1.165, 1.54) is 0 Å². The topological polar surface area (TPSA) is 72.9 Å². The zero-order valence-corrected chi connectivity index (χ0v) is 11.1. The van der Waals surface area contributed by atoms with Crippen molar-refractivity contribution in [3.8, 4) is 10.7 Å². The molecule has 2 aromatic rings. The fourth-order valence-corrected chi connectivity index (χ4v) is 2.69. The summed E-state index contributed by atoms with van der Waals surface area (Å²) in [4.78, 5) is 17.3. The number of aromatic nitrogens is 2. The van der Waals surface area contributed by atoms with Gasteiger partial charge in [-0.1, -0.05) is 19.9 Å². The van der Waals surface area contributed by atoms with Crippen molar-refractivity contribution in [3.05, 3.63) is 29.9 Å². The Labute approximate surface area is 110 Å². The fraction of sp³-hybridized carbons (Fsp3) is 0.333. The van der Waals surface area contributed by atoms with E-state index < -0.39 is 0 Å². The van der Waals surface area contributed by atoms with E-state index in [-0.39, 0.29) is 17.9 Å². The zero-order chi connectivity index (χ0) is 13.1. The molecule has 0 bridgehead atoms. The van der Waals surface area contributed by atoms with Crippen LogP contribution in [-0.4, -0.2) is 15.5 Å². The van der Waals surface area contributed by atoms with Gasteiger partial charge in [0.2, 0.25) is 0 Å². The Morgan fingerprint density at radius 2 is 2.33 bits per heavy atom. The quantitative estimate of drug-likeness (QED) is 0.502. The minimum atomic E-state index is -0.352. The Morgan fingerprint density at radius 1 is 1.56 bits per heavy atom. The number of nitrogens with two attached hydrogens (primary N) is 1. The van der Waals surface area contributed by atoms with Crippen molar-refractivity contribution in [3.63, 3.8) is 0 Å². The van der Waals surface area contributed by atoms with Gasteiger partial charge in [0.05, 0.1) is 4.88 Å². The summed E-state index contributed by atoms with van der Waals surface area (Å²) < 4.78 is 1.87. The molecule has 0 radical (unpaired) electrons. The molecule has 6 heteroatoms. The standard InChI is InChI=1S/C12H16N4OS/c1-8(2)10(12(17)15-13)16-6-5-14-11(16)9-4-3-7-18-9/h3-8,10H,13H2,1-2H3,(H,15,17). The molecule has 1 atom stereocenters. The average molecular weight is 264 g/mol. The number of hydrogen-bond acceptors (Lipinski definition) is 4. The van der Waals surface area contributed by atoms with Gasteiger partial charge >= 0.3 is 0 Å². The maximum Gasteiger partial charge on any atom is 0.257 e. The van der Waals surface area contributed by atoms with Gasteiger partial charge in [-0.25, -0.2) is 10.8 Å². The Balaban J connectivity index is 2.44. The average Bonchev–Trinajstić information content (AvgIpc) is 2.97. The summed E-state index contributed by atoms with van der Waals surface area (Å²) >= 11 is 1.60. The van der Waals surface area contributed by atoms with E-state index in [1.807, 2.05) is 42.1 Å². The maximum atomic E-state index is 11.9. The van der Waals surface area contributed by atoms with Gasteiger partial charge < -0.3 is 4.57 Å². The number of hydrazine groups is 1. The number of hydrogen-bond donors (Lipinski definition) is 2. The number of imidazole rings is 1. The van der Waals surface area contributed by atoms with E-state index in [2.05, 4.69) is 10.4 Å². The Morgan fingerprint density at radius 3 is 2.89 bits per heavy atom. The lowest BCUT2D eigenvalue weighted by molar-refractivity contribution is -0.125.